The molecule has 2 aliphatic rings. The van der Waals surface area contributed by atoms with E-state index in [4.69, 9.17) is 5.73 Å². The maximum atomic E-state index is 13.5. The number of fused-ring (bicyclic) bond motifs is 1. The Balaban J connectivity index is 1.46. The van der Waals surface area contributed by atoms with Crippen molar-refractivity contribution in [3.8, 4) is 0 Å². The van der Waals surface area contributed by atoms with Gasteiger partial charge >= 0.3 is 0 Å². The van der Waals surface area contributed by atoms with Gasteiger partial charge in [-0.15, -0.1) is 0 Å². The summed E-state index contributed by atoms with van der Waals surface area (Å²) in [6.45, 7) is 0.800. The Morgan fingerprint density at radius 1 is 1.33 bits per heavy atom. The second-order valence-electron chi connectivity index (χ2n) is 8.67. The maximum Gasteiger partial charge on any atom is 0.265 e. The summed E-state index contributed by atoms with van der Waals surface area (Å²) in [6.07, 6.45) is 2.33. The Kier molecular flexibility index (Phi) is 5.24. The Morgan fingerprint density at radius 2 is 2.03 bits per heavy atom. The summed E-state index contributed by atoms with van der Waals surface area (Å²) in [4.78, 5) is 16.5. The molecule has 0 bridgehead atoms. The molecule has 0 spiro atoms. The second kappa shape index (κ2) is 7.47. The molecule has 1 saturated heterocycles. The standard InChI is InChI=1S/C20H25F4N5O/c1-19(21,22)15-9-12(18(30)27-15)8-13-2-3-16-26-14(10-29(16)28-13)17(25)11-4-6-20(23,24)7-5-11/h2-3,10-12,15,17H,4-9,25H2,1H3,(H,27,30)/t12-,15+,17+/m1/s1. The molecule has 30 heavy (non-hydrogen) atoms. The van der Waals surface area contributed by atoms with Crippen molar-refractivity contribution in [1.29, 1.82) is 0 Å². The van der Waals surface area contributed by atoms with Crippen LogP contribution in [-0.4, -0.2) is 38.4 Å². The van der Waals surface area contributed by atoms with E-state index in [0.29, 0.717) is 29.9 Å². The fourth-order valence-electron chi connectivity index (χ4n) is 4.37. The van der Waals surface area contributed by atoms with Gasteiger partial charge in [-0.3, -0.25) is 4.79 Å². The number of nitrogens with zero attached hydrogens (tertiary/aromatic N) is 3. The average Bonchev–Trinajstić information content (AvgIpc) is 3.24. The molecular formula is C20H25F4N5O. The summed E-state index contributed by atoms with van der Waals surface area (Å²) in [7, 11) is 0. The van der Waals surface area contributed by atoms with Gasteiger partial charge in [-0.1, -0.05) is 0 Å². The highest BCUT2D eigenvalue weighted by molar-refractivity contribution is 5.81. The fraction of sp³-hybridized carbons (Fsp3) is 0.650. The van der Waals surface area contributed by atoms with Gasteiger partial charge in [0.2, 0.25) is 11.8 Å². The lowest BCUT2D eigenvalue weighted by Crippen LogP contribution is -2.39. The van der Waals surface area contributed by atoms with Crippen molar-refractivity contribution in [3.05, 3.63) is 29.7 Å². The number of nitrogens with one attached hydrogen (secondary N) is 1. The van der Waals surface area contributed by atoms with Gasteiger partial charge in [0.15, 0.2) is 5.65 Å². The Morgan fingerprint density at radius 3 is 2.67 bits per heavy atom. The number of amides is 1. The van der Waals surface area contributed by atoms with Crippen LogP contribution in [0.4, 0.5) is 17.6 Å². The van der Waals surface area contributed by atoms with Gasteiger partial charge in [0.1, 0.15) is 0 Å². The summed E-state index contributed by atoms with van der Waals surface area (Å²) >= 11 is 0. The first-order chi connectivity index (χ1) is 14.0. The highest BCUT2D eigenvalue weighted by Crippen LogP contribution is 2.40. The SMILES string of the molecule is CC(F)(F)[C@@H]1C[C@@H](Cc2ccc3nc([C@@H](N)C4CCC(F)(F)CC4)cn3n2)C(=O)N1. The molecule has 6 nitrogen and oxygen atoms in total. The van der Waals surface area contributed by atoms with E-state index >= 15 is 0 Å². The highest BCUT2D eigenvalue weighted by atomic mass is 19.3. The van der Waals surface area contributed by atoms with E-state index in [0.717, 1.165) is 6.92 Å². The van der Waals surface area contributed by atoms with Crippen molar-refractivity contribution in [2.24, 2.45) is 17.6 Å². The lowest BCUT2D eigenvalue weighted by molar-refractivity contribution is -0.123. The van der Waals surface area contributed by atoms with Crippen molar-refractivity contribution >= 4 is 11.6 Å². The van der Waals surface area contributed by atoms with Gasteiger partial charge in [-0.2, -0.15) is 5.10 Å². The topological polar surface area (TPSA) is 85.3 Å². The molecule has 10 heteroatoms. The molecule has 1 amide bonds. The largest absolute Gasteiger partial charge is 0.347 e. The van der Waals surface area contributed by atoms with Gasteiger partial charge in [-0.05, 0) is 37.3 Å². The lowest BCUT2D eigenvalue weighted by atomic mass is 9.81. The van der Waals surface area contributed by atoms with E-state index in [-0.39, 0.29) is 31.6 Å². The maximum absolute atomic E-state index is 13.5. The van der Waals surface area contributed by atoms with Crippen LogP contribution in [0.1, 0.15) is 56.5 Å². The van der Waals surface area contributed by atoms with Crippen LogP contribution in [0.5, 0.6) is 0 Å². The van der Waals surface area contributed by atoms with Gasteiger partial charge < -0.3 is 11.1 Å². The molecule has 3 N–H and O–H groups in total. The van der Waals surface area contributed by atoms with Gasteiger partial charge in [0.05, 0.1) is 29.7 Å². The number of carbonyl (C=O) groups is 1. The zero-order valence-electron chi connectivity index (χ0n) is 16.6. The van der Waals surface area contributed by atoms with E-state index in [2.05, 4.69) is 15.4 Å². The molecular weight excluding hydrogens is 402 g/mol. The lowest BCUT2D eigenvalue weighted by Gasteiger charge is -2.31. The Hall–Kier alpha value is -2.23. The zero-order chi connectivity index (χ0) is 21.7. The van der Waals surface area contributed by atoms with Crippen LogP contribution in [-0.2, 0) is 11.2 Å². The van der Waals surface area contributed by atoms with Crippen LogP contribution in [0, 0.1) is 11.8 Å². The molecule has 2 aromatic heterocycles. The molecule has 164 valence electrons. The van der Waals surface area contributed by atoms with E-state index in [1.165, 1.54) is 0 Å². The van der Waals surface area contributed by atoms with Gasteiger partial charge in [0.25, 0.3) is 5.92 Å². The summed E-state index contributed by atoms with van der Waals surface area (Å²) in [6, 6.07) is 1.81. The van der Waals surface area contributed by atoms with Crippen molar-refractivity contribution in [2.75, 3.05) is 0 Å². The predicted molar refractivity (Wildman–Crippen MR) is 101 cm³/mol. The van der Waals surface area contributed by atoms with Crippen molar-refractivity contribution in [3.63, 3.8) is 0 Å². The van der Waals surface area contributed by atoms with Crippen LogP contribution < -0.4 is 11.1 Å². The number of carbonyl (C=O) groups excluding carboxylic acids is 1. The number of rotatable bonds is 5. The molecule has 3 atom stereocenters. The highest BCUT2D eigenvalue weighted by Gasteiger charge is 2.44. The normalized spacial score (nSPS) is 26.1. The van der Waals surface area contributed by atoms with Crippen molar-refractivity contribution in [1.82, 2.24) is 19.9 Å². The molecule has 2 aromatic rings. The molecule has 0 radical (unpaired) electrons. The predicted octanol–water partition coefficient (Wildman–Crippen LogP) is 3.26. The smallest absolute Gasteiger partial charge is 0.265 e. The third-order valence-electron chi connectivity index (χ3n) is 6.28. The molecule has 3 heterocycles. The fourth-order valence-corrected chi connectivity index (χ4v) is 4.37. The number of alkyl halides is 4. The first-order valence-corrected chi connectivity index (χ1v) is 10.2. The number of imidazole rings is 1. The minimum absolute atomic E-state index is 0.0500. The van der Waals surface area contributed by atoms with Crippen LogP contribution in [0.2, 0.25) is 0 Å². The molecule has 2 fully saturated rings. The minimum atomic E-state index is -2.97. The first-order valence-electron chi connectivity index (χ1n) is 10.2. The molecule has 0 unspecified atom stereocenters. The monoisotopic (exact) mass is 427 g/mol. The van der Waals surface area contributed by atoms with Crippen molar-refractivity contribution < 1.29 is 22.4 Å². The summed E-state index contributed by atoms with van der Waals surface area (Å²) in [5.74, 6) is -6.62. The molecule has 1 aliphatic carbocycles. The van der Waals surface area contributed by atoms with Crippen LogP contribution in [0.3, 0.4) is 0 Å². The van der Waals surface area contributed by atoms with E-state index in [1.807, 2.05) is 0 Å². The molecule has 1 aliphatic heterocycles. The van der Waals surface area contributed by atoms with Gasteiger partial charge in [0, 0.05) is 32.1 Å². The number of aromatic nitrogens is 3. The summed E-state index contributed by atoms with van der Waals surface area (Å²) in [5, 5.41) is 6.80. The molecule has 4 rings (SSSR count). The summed E-state index contributed by atoms with van der Waals surface area (Å²) in [5.41, 5.74) is 8.01. The van der Waals surface area contributed by atoms with Crippen molar-refractivity contribution in [2.45, 2.75) is 69.4 Å². The molecule has 1 saturated carbocycles. The Bertz CT molecular complexity index is 931. The van der Waals surface area contributed by atoms with E-state index < -0.39 is 35.8 Å². The van der Waals surface area contributed by atoms with E-state index in [1.54, 1.807) is 22.8 Å². The zero-order valence-corrected chi connectivity index (χ0v) is 16.6. The Labute approximate surface area is 171 Å². The second-order valence-corrected chi connectivity index (χ2v) is 8.67. The first kappa shape index (κ1) is 21.0. The quantitative estimate of drug-likeness (QED) is 0.718. The van der Waals surface area contributed by atoms with Gasteiger partial charge in [-0.25, -0.2) is 27.1 Å². The third-order valence-corrected chi connectivity index (χ3v) is 6.28. The number of hydrogen-bond acceptors (Lipinski definition) is 4. The average molecular weight is 427 g/mol. The number of halogens is 4. The van der Waals surface area contributed by atoms with Crippen LogP contribution >= 0.6 is 0 Å². The van der Waals surface area contributed by atoms with Crippen LogP contribution in [0.25, 0.3) is 5.65 Å². The summed E-state index contributed by atoms with van der Waals surface area (Å²) < 4.78 is 55.3. The third kappa shape index (κ3) is 4.28. The minimum Gasteiger partial charge on any atom is -0.347 e. The molecule has 0 aromatic carbocycles. The van der Waals surface area contributed by atoms with Crippen LogP contribution in [0.15, 0.2) is 18.3 Å². The number of hydrogen-bond donors (Lipinski definition) is 2. The van der Waals surface area contributed by atoms with E-state index in [9.17, 15) is 22.4 Å². The number of nitrogens with two attached hydrogens (primary N) is 1.